The lowest BCUT2D eigenvalue weighted by atomic mass is 9.90. The molecule has 0 fully saturated rings. The zero-order valence-electron chi connectivity index (χ0n) is 11.3. The number of nitrogens with one attached hydrogen (secondary N) is 1. The van der Waals surface area contributed by atoms with Gasteiger partial charge in [0.1, 0.15) is 13.0 Å². The standard InChI is InChI=1S/C14H18N2O5/c15-12(21-8-17)6-14(20,13(18)19)5-9-7-16-11-4-2-1-3-10(9)11/h1-4,7,12,16-17,20H,5-6,8,15H2,(H,18,19). The maximum Gasteiger partial charge on any atom is 0.336 e. The number of aromatic amines is 1. The number of carbonyl (C=O) groups is 1. The van der Waals surface area contributed by atoms with Gasteiger partial charge in [0.25, 0.3) is 0 Å². The second-order valence-electron chi connectivity index (χ2n) is 4.91. The van der Waals surface area contributed by atoms with Crippen molar-refractivity contribution in [2.45, 2.75) is 24.7 Å². The molecule has 0 aliphatic carbocycles. The van der Waals surface area contributed by atoms with Crippen molar-refractivity contribution < 1.29 is 24.9 Å². The first kappa shape index (κ1) is 15.5. The SMILES string of the molecule is NC(CC(O)(Cc1c[nH]c2ccccc12)C(=O)O)OCO. The number of aliphatic hydroxyl groups excluding tert-OH is 1. The minimum absolute atomic E-state index is 0.116. The third-order valence-corrected chi connectivity index (χ3v) is 3.38. The Hall–Kier alpha value is -1.93. The van der Waals surface area contributed by atoms with Crippen LogP contribution >= 0.6 is 0 Å². The summed E-state index contributed by atoms with van der Waals surface area (Å²) in [4.78, 5) is 14.4. The Balaban J connectivity index is 2.25. The summed E-state index contributed by atoms with van der Waals surface area (Å²) in [5, 5.41) is 29.1. The summed E-state index contributed by atoms with van der Waals surface area (Å²) in [6, 6.07) is 7.39. The topological polar surface area (TPSA) is 129 Å². The first-order valence-corrected chi connectivity index (χ1v) is 6.45. The number of carboxylic acid groups (broad SMARTS) is 1. The van der Waals surface area contributed by atoms with Crippen LogP contribution in [-0.2, 0) is 16.0 Å². The summed E-state index contributed by atoms with van der Waals surface area (Å²) in [6.45, 7) is -0.635. The second kappa shape index (κ2) is 6.23. The Kier molecular flexibility index (Phi) is 4.59. The molecule has 0 spiro atoms. The van der Waals surface area contributed by atoms with Crippen LogP contribution in [0.15, 0.2) is 30.5 Å². The van der Waals surface area contributed by atoms with E-state index < -0.39 is 24.6 Å². The van der Waals surface area contributed by atoms with Gasteiger partial charge in [0, 0.05) is 29.9 Å². The molecule has 2 rings (SSSR count). The van der Waals surface area contributed by atoms with Gasteiger partial charge in [-0.3, -0.25) is 0 Å². The largest absolute Gasteiger partial charge is 0.479 e. The molecule has 0 aliphatic heterocycles. The van der Waals surface area contributed by atoms with Gasteiger partial charge in [-0.05, 0) is 11.6 Å². The van der Waals surface area contributed by atoms with Gasteiger partial charge in [-0.1, -0.05) is 18.2 Å². The van der Waals surface area contributed by atoms with Gasteiger partial charge in [0.05, 0.1) is 0 Å². The summed E-state index contributed by atoms with van der Waals surface area (Å²) in [6.07, 6.45) is 0.148. The average Bonchev–Trinajstić information content (AvgIpc) is 2.82. The summed E-state index contributed by atoms with van der Waals surface area (Å²) in [5.41, 5.74) is 5.00. The van der Waals surface area contributed by atoms with Gasteiger partial charge in [-0.15, -0.1) is 0 Å². The molecule has 0 saturated heterocycles. The number of nitrogens with two attached hydrogens (primary N) is 1. The fourth-order valence-electron chi connectivity index (χ4n) is 2.32. The number of para-hydroxylation sites is 1. The first-order chi connectivity index (χ1) is 9.96. The number of aliphatic carboxylic acids is 1. The Bertz CT molecular complexity index is 627. The molecule has 7 nitrogen and oxygen atoms in total. The van der Waals surface area contributed by atoms with Crippen LogP contribution in [0, 0.1) is 0 Å². The molecule has 0 aliphatic rings. The van der Waals surface area contributed by atoms with Gasteiger partial charge in [0.15, 0.2) is 5.60 Å². The van der Waals surface area contributed by atoms with Crippen LogP contribution in [0.25, 0.3) is 10.9 Å². The monoisotopic (exact) mass is 294 g/mol. The molecule has 6 N–H and O–H groups in total. The molecule has 2 aromatic rings. The molecule has 0 radical (unpaired) electrons. The van der Waals surface area contributed by atoms with Crippen molar-refractivity contribution in [2.75, 3.05) is 6.79 Å². The lowest BCUT2D eigenvalue weighted by molar-refractivity contribution is -0.164. The lowest BCUT2D eigenvalue weighted by Gasteiger charge is -2.26. The number of carboxylic acids is 1. The Morgan fingerprint density at radius 3 is 2.81 bits per heavy atom. The van der Waals surface area contributed by atoms with Crippen molar-refractivity contribution in [2.24, 2.45) is 5.73 Å². The zero-order chi connectivity index (χ0) is 15.5. The van der Waals surface area contributed by atoms with Gasteiger partial charge in [0.2, 0.25) is 0 Å². The molecule has 114 valence electrons. The molecule has 1 aromatic heterocycles. The Labute approximate surface area is 121 Å². The number of hydrogen-bond donors (Lipinski definition) is 5. The van der Waals surface area contributed by atoms with Crippen LogP contribution in [0.4, 0.5) is 0 Å². The highest BCUT2D eigenvalue weighted by Crippen LogP contribution is 2.25. The fraction of sp³-hybridized carbons (Fsp3) is 0.357. The lowest BCUT2D eigenvalue weighted by Crippen LogP contribution is -2.46. The van der Waals surface area contributed by atoms with Crippen molar-refractivity contribution in [3.05, 3.63) is 36.0 Å². The Morgan fingerprint density at radius 2 is 2.14 bits per heavy atom. The highest BCUT2D eigenvalue weighted by molar-refractivity contribution is 5.85. The van der Waals surface area contributed by atoms with Crippen LogP contribution in [-0.4, -0.2) is 44.9 Å². The van der Waals surface area contributed by atoms with Crippen molar-refractivity contribution >= 4 is 16.9 Å². The van der Waals surface area contributed by atoms with Gasteiger partial charge < -0.3 is 30.8 Å². The third-order valence-electron chi connectivity index (χ3n) is 3.38. The summed E-state index contributed by atoms with van der Waals surface area (Å²) < 4.78 is 4.70. The highest BCUT2D eigenvalue weighted by Gasteiger charge is 2.38. The maximum absolute atomic E-state index is 11.4. The van der Waals surface area contributed by atoms with Crippen LogP contribution in [0.3, 0.4) is 0 Å². The summed E-state index contributed by atoms with van der Waals surface area (Å²) >= 11 is 0. The Morgan fingerprint density at radius 1 is 1.43 bits per heavy atom. The van der Waals surface area contributed by atoms with E-state index in [9.17, 15) is 15.0 Å². The number of aromatic nitrogens is 1. The van der Waals surface area contributed by atoms with Crippen LogP contribution in [0.2, 0.25) is 0 Å². The van der Waals surface area contributed by atoms with Crippen LogP contribution < -0.4 is 5.73 Å². The minimum Gasteiger partial charge on any atom is -0.479 e. The quantitative estimate of drug-likeness (QED) is 0.463. The molecule has 0 amide bonds. The molecule has 1 aromatic carbocycles. The second-order valence-corrected chi connectivity index (χ2v) is 4.91. The molecule has 7 heteroatoms. The van der Waals surface area contributed by atoms with E-state index in [-0.39, 0.29) is 12.8 Å². The molecule has 0 bridgehead atoms. The number of hydrogen-bond acceptors (Lipinski definition) is 5. The molecular formula is C14H18N2O5. The van der Waals surface area contributed by atoms with E-state index in [1.54, 1.807) is 6.20 Å². The van der Waals surface area contributed by atoms with E-state index in [0.29, 0.717) is 5.56 Å². The van der Waals surface area contributed by atoms with Crippen LogP contribution in [0.5, 0.6) is 0 Å². The number of benzene rings is 1. The van der Waals surface area contributed by atoms with Gasteiger partial charge in [-0.2, -0.15) is 0 Å². The smallest absolute Gasteiger partial charge is 0.336 e. The third kappa shape index (κ3) is 3.40. The van der Waals surface area contributed by atoms with E-state index in [2.05, 4.69) is 4.98 Å². The molecule has 0 saturated carbocycles. The molecule has 2 unspecified atom stereocenters. The molecule has 1 heterocycles. The minimum atomic E-state index is -2.07. The normalized spacial score (nSPS) is 15.8. The molecule has 21 heavy (non-hydrogen) atoms. The van der Waals surface area contributed by atoms with Gasteiger partial charge in [-0.25, -0.2) is 4.79 Å². The van der Waals surface area contributed by atoms with E-state index in [0.717, 1.165) is 10.9 Å². The van der Waals surface area contributed by atoms with E-state index in [1.807, 2.05) is 24.3 Å². The highest BCUT2D eigenvalue weighted by atomic mass is 16.6. The number of ether oxygens (including phenoxy) is 1. The van der Waals surface area contributed by atoms with E-state index in [1.165, 1.54) is 0 Å². The van der Waals surface area contributed by atoms with E-state index in [4.69, 9.17) is 15.6 Å². The first-order valence-electron chi connectivity index (χ1n) is 6.45. The van der Waals surface area contributed by atoms with E-state index >= 15 is 0 Å². The predicted octanol–water partition coefficient (Wildman–Crippen LogP) is 0.167. The number of aliphatic hydroxyl groups is 2. The summed E-state index contributed by atoms with van der Waals surface area (Å²) in [7, 11) is 0. The molecule has 2 atom stereocenters. The van der Waals surface area contributed by atoms with Crippen molar-refractivity contribution in [1.82, 2.24) is 4.98 Å². The van der Waals surface area contributed by atoms with Crippen LogP contribution in [0.1, 0.15) is 12.0 Å². The zero-order valence-corrected chi connectivity index (χ0v) is 11.3. The maximum atomic E-state index is 11.4. The summed E-state index contributed by atoms with van der Waals surface area (Å²) in [5.74, 6) is -1.38. The van der Waals surface area contributed by atoms with Gasteiger partial charge >= 0.3 is 5.97 Å². The van der Waals surface area contributed by atoms with Crippen molar-refractivity contribution in [3.63, 3.8) is 0 Å². The van der Waals surface area contributed by atoms with Crippen molar-refractivity contribution in [3.8, 4) is 0 Å². The number of rotatable bonds is 7. The predicted molar refractivity (Wildman–Crippen MR) is 75.4 cm³/mol. The van der Waals surface area contributed by atoms with Crippen molar-refractivity contribution in [1.29, 1.82) is 0 Å². The number of H-pyrrole nitrogens is 1. The average molecular weight is 294 g/mol. The fourth-order valence-corrected chi connectivity index (χ4v) is 2.32. The number of fused-ring (bicyclic) bond motifs is 1. The molecular weight excluding hydrogens is 276 g/mol.